The highest BCUT2D eigenvalue weighted by atomic mass is 32.1. The Balaban J connectivity index is 1.74. The number of aliphatic hydroxyl groups is 1. The predicted molar refractivity (Wildman–Crippen MR) is 138 cm³/mol. The van der Waals surface area contributed by atoms with Gasteiger partial charge in [-0.25, -0.2) is 4.98 Å². The molecule has 10 nitrogen and oxygen atoms in total. The van der Waals surface area contributed by atoms with Gasteiger partial charge in [0.1, 0.15) is 0 Å². The van der Waals surface area contributed by atoms with Crippen molar-refractivity contribution in [2.45, 2.75) is 26.3 Å². The fourth-order valence-corrected chi connectivity index (χ4v) is 5.75. The quantitative estimate of drug-likeness (QED) is 0.463. The van der Waals surface area contributed by atoms with Gasteiger partial charge in [-0.2, -0.15) is 0 Å². The smallest absolute Gasteiger partial charge is 0.290 e. The summed E-state index contributed by atoms with van der Waals surface area (Å²) in [4.78, 5) is 35.8. The molecule has 1 N–H and O–H groups in total. The number of carbonyl (C=O) groups excluding carboxylic acids is 2. The zero-order chi connectivity index (χ0) is 26.7. The summed E-state index contributed by atoms with van der Waals surface area (Å²) in [6.07, 6.45) is 0.667. The number of Topliss-reactive ketones (excluding diaryl/α,β-unsaturated/α-hetero) is 1. The molecule has 3 heterocycles. The summed E-state index contributed by atoms with van der Waals surface area (Å²) < 4.78 is 21.9. The van der Waals surface area contributed by atoms with E-state index >= 15 is 0 Å². The Bertz CT molecular complexity index is 1180. The second-order valence-electron chi connectivity index (χ2n) is 8.91. The van der Waals surface area contributed by atoms with Crippen LogP contribution in [0.4, 0.5) is 0 Å². The van der Waals surface area contributed by atoms with E-state index in [1.54, 1.807) is 24.0 Å². The van der Waals surface area contributed by atoms with Crippen LogP contribution >= 0.6 is 11.3 Å². The van der Waals surface area contributed by atoms with E-state index in [4.69, 9.17) is 18.9 Å². The number of ketones is 1. The maximum absolute atomic E-state index is 13.8. The number of methoxy groups -OCH3 is 3. The molecule has 37 heavy (non-hydrogen) atoms. The molecule has 2 aliphatic rings. The van der Waals surface area contributed by atoms with Crippen molar-refractivity contribution in [2.75, 3.05) is 60.7 Å². The zero-order valence-corrected chi connectivity index (χ0v) is 22.6. The van der Waals surface area contributed by atoms with Crippen molar-refractivity contribution in [3.63, 3.8) is 0 Å². The number of benzene rings is 1. The monoisotopic (exact) mass is 531 g/mol. The number of amides is 1. The van der Waals surface area contributed by atoms with Gasteiger partial charge in [-0.15, -0.1) is 11.3 Å². The van der Waals surface area contributed by atoms with Crippen molar-refractivity contribution in [2.24, 2.45) is 0 Å². The molecule has 1 aromatic carbocycles. The predicted octanol–water partition coefficient (Wildman–Crippen LogP) is 3.09. The number of thiazole rings is 1. The molecular formula is C26H33N3O7S. The first-order valence-electron chi connectivity index (χ1n) is 12.1. The Hall–Kier alpha value is -3.15. The summed E-state index contributed by atoms with van der Waals surface area (Å²) in [6, 6.07) is 2.59. The number of hydrogen-bond acceptors (Lipinski definition) is 10. The van der Waals surface area contributed by atoms with Crippen molar-refractivity contribution in [3.05, 3.63) is 44.6 Å². The summed E-state index contributed by atoms with van der Waals surface area (Å²) >= 11 is 1.25. The minimum absolute atomic E-state index is 0.0254. The van der Waals surface area contributed by atoms with E-state index < -0.39 is 23.5 Å². The van der Waals surface area contributed by atoms with Crippen LogP contribution in [0.3, 0.4) is 0 Å². The standard InChI is InChI=1S/C26H33N3O7S/c1-15-25(37-16(2)27-15)22(30)20-21(17-13-18(33-3)24(35-5)19(14-17)34-4)29(26(32)23(20)31)8-6-7-28-9-11-36-12-10-28/h13-14,21,31H,6-12H2,1-5H3/t21-/m1/s1. The SMILES string of the molecule is COc1cc([C@@H]2C(C(=O)c3sc(C)nc3C)=C(O)C(=O)N2CCCN2CCOCC2)cc(OC)c1OC. The molecule has 1 atom stereocenters. The van der Waals surface area contributed by atoms with Crippen LogP contribution in [0.1, 0.15) is 38.4 Å². The highest BCUT2D eigenvalue weighted by Crippen LogP contribution is 2.46. The van der Waals surface area contributed by atoms with Crippen LogP contribution in [0.5, 0.6) is 17.2 Å². The van der Waals surface area contributed by atoms with Crippen molar-refractivity contribution in [1.29, 1.82) is 0 Å². The van der Waals surface area contributed by atoms with Crippen molar-refractivity contribution in [3.8, 4) is 17.2 Å². The molecule has 200 valence electrons. The Morgan fingerprint density at radius 2 is 1.76 bits per heavy atom. The van der Waals surface area contributed by atoms with Gasteiger partial charge in [0.2, 0.25) is 11.5 Å². The van der Waals surface area contributed by atoms with Crippen LogP contribution in [-0.4, -0.2) is 92.3 Å². The lowest BCUT2D eigenvalue weighted by molar-refractivity contribution is -0.129. The fourth-order valence-electron chi connectivity index (χ4n) is 4.88. The first-order chi connectivity index (χ1) is 17.8. The van der Waals surface area contributed by atoms with E-state index in [2.05, 4.69) is 9.88 Å². The highest BCUT2D eigenvalue weighted by molar-refractivity contribution is 7.14. The average molecular weight is 532 g/mol. The average Bonchev–Trinajstić information content (AvgIpc) is 3.38. The molecule has 0 spiro atoms. The third-order valence-electron chi connectivity index (χ3n) is 6.64. The zero-order valence-electron chi connectivity index (χ0n) is 21.8. The molecule has 2 aromatic rings. The third-order valence-corrected chi connectivity index (χ3v) is 7.71. The molecule has 1 amide bonds. The molecule has 0 radical (unpaired) electrons. The molecule has 0 aliphatic carbocycles. The molecule has 0 bridgehead atoms. The minimum atomic E-state index is -0.833. The van der Waals surface area contributed by atoms with Gasteiger partial charge in [0.05, 0.1) is 61.7 Å². The Labute approximate surface area is 220 Å². The normalized spacial score (nSPS) is 18.5. The van der Waals surface area contributed by atoms with E-state index in [1.165, 1.54) is 32.7 Å². The number of hydrogen-bond donors (Lipinski definition) is 1. The van der Waals surface area contributed by atoms with Gasteiger partial charge >= 0.3 is 0 Å². The number of aromatic nitrogens is 1. The maximum Gasteiger partial charge on any atom is 0.290 e. The molecule has 1 saturated heterocycles. The number of carbonyl (C=O) groups is 2. The number of ether oxygens (including phenoxy) is 4. The Morgan fingerprint density at radius 1 is 1.11 bits per heavy atom. The second-order valence-corrected chi connectivity index (χ2v) is 10.1. The van der Waals surface area contributed by atoms with Gasteiger partial charge in [-0.1, -0.05) is 0 Å². The molecule has 0 unspecified atom stereocenters. The van der Waals surface area contributed by atoms with Crippen LogP contribution in [0.2, 0.25) is 0 Å². The molecule has 1 fully saturated rings. The highest BCUT2D eigenvalue weighted by Gasteiger charge is 2.45. The van der Waals surface area contributed by atoms with Crippen molar-refractivity contribution in [1.82, 2.24) is 14.8 Å². The number of aryl methyl sites for hydroxylation is 2. The topological polar surface area (TPSA) is 111 Å². The van der Waals surface area contributed by atoms with E-state index in [0.717, 1.165) is 24.6 Å². The lowest BCUT2D eigenvalue weighted by Crippen LogP contribution is -2.39. The van der Waals surface area contributed by atoms with E-state index in [-0.39, 0.29) is 5.57 Å². The third kappa shape index (κ3) is 5.29. The molecule has 11 heteroatoms. The number of morpholine rings is 1. The first-order valence-corrected chi connectivity index (χ1v) is 12.9. The Kier molecular flexibility index (Phi) is 8.35. The summed E-state index contributed by atoms with van der Waals surface area (Å²) in [5.74, 6) is -0.361. The van der Waals surface area contributed by atoms with Crippen molar-refractivity contribution >= 4 is 23.0 Å². The fraction of sp³-hybridized carbons (Fsp3) is 0.500. The molecular weight excluding hydrogens is 498 g/mol. The first kappa shape index (κ1) is 26.9. The summed E-state index contributed by atoms with van der Waals surface area (Å²) in [6.45, 7) is 7.72. The van der Waals surface area contributed by atoms with E-state index in [0.29, 0.717) is 59.6 Å². The molecule has 1 aromatic heterocycles. The maximum atomic E-state index is 13.8. The number of aliphatic hydroxyl groups excluding tert-OH is 1. The van der Waals surface area contributed by atoms with Gasteiger partial charge in [-0.3, -0.25) is 14.5 Å². The van der Waals surface area contributed by atoms with E-state index in [9.17, 15) is 14.7 Å². The minimum Gasteiger partial charge on any atom is -0.503 e. The van der Waals surface area contributed by atoms with Crippen LogP contribution in [0, 0.1) is 13.8 Å². The van der Waals surface area contributed by atoms with Crippen LogP contribution in [-0.2, 0) is 9.53 Å². The van der Waals surface area contributed by atoms with Gasteiger partial charge in [0.15, 0.2) is 17.3 Å². The molecule has 2 aliphatic heterocycles. The summed E-state index contributed by atoms with van der Waals surface area (Å²) in [7, 11) is 4.51. The van der Waals surface area contributed by atoms with Gasteiger partial charge in [-0.05, 0) is 38.0 Å². The van der Waals surface area contributed by atoms with Crippen LogP contribution in [0.25, 0.3) is 0 Å². The van der Waals surface area contributed by atoms with Gasteiger partial charge in [0.25, 0.3) is 5.91 Å². The van der Waals surface area contributed by atoms with Gasteiger partial charge in [0, 0.05) is 26.2 Å². The summed E-state index contributed by atoms with van der Waals surface area (Å²) in [5, 5.41) is 11.8. The van der Waals surface area contributed by atoms with E-state index in [1.807, 2.05) is 6.92 Å². The number of nitrogens with zero attached hydrogens (tertiary/aromatic N) is 3. The van der Waals surface area contributed by atoms with Gasteiger partial charge < -0.3 is 29.0 Å². The second kappa shape index (κ2) is 11.5. The lowest BCUT2D eigenvalue weighted by Gasteiger charge is -2.30. The molecule has 0 saturated carbocycles. The van der Waals surface area contributed by atoms with Crippen LogP contribution < -0.4 is 14.2 Å². The van der Waals surface area contributed by atoms with Crippen molar-refractivity contribution < 1.29 is 33.6 Å². The largest absolute Gasteiger partial charge is 0.503 e. The molecule has 4 rings (SSSR count). The summed E-state index contributed by atoms with van der Waals surface area (Å²) in [5.41, 5.74) is 1.16. The lowest BCUT2D eigenvalue weighted by atomic mass is 9.94. The number of rotatable bonds is 10. The Morgan fingerprint density at radius 3 is 2.30 bits per heavy atom. The van der Waals surface area contributed by atoms with Crippen LogP contribution in [0.15, 0.2) is 23.5 Å².